The third kappa shape index (κ3) is 3.26. The van der Waals surface area contributed by atoms with Gasteiger partial charge >= 0.3 is 5.97 Å². The summed E-state index contributed by atoms with van der Waals surface area (Å²) in [6.07, 6.45) is 0. The number of carbonyl (C=O) groups is 1. The molecular formula is C11H11NO4. The van der Waals surface area contributed by atoms with Crippen LogP contribution in [0.15, 0.2) is 18.2 Å². The van der Waals surface area contributed by atoms with Crippen molar-refractivity contribution in [1.82, 2.24) is 0 Å². The molecule has 16 heavy (non-hydrogen) atoms. The maximum Gasteiger partial charge on any atom is 0.329 e. The summed E-state index contributed by atoms with van der Waals surface area (Å²) in [6, 6.07) is 6.95. The first-order chi connectivity index (χ1) is 7.67. The van der Waals surface area contributed by atoms with Gasteiger partial charge in [-0.1, -0.05) is 6.07 Å². The number of rotatable bonds is 5. The molecule has 0 heterocycles. The second-order valence-corrected chi connectivity index (χ2v) is 3.03. The van der Waals surface area contributed by atoms with Crippen molar-refractivity contribution in [2.24, 2.45) is 0 Å². The SMILES string of the molecule is COc1cc(COCC(=O)O)ccc1C#N. The van der Waals surface area contributed by atoms with Crippen LogP contribution in [-0.4, -0.2) is 24.8 Å². The normalized spacial score (nSPS) is 9.50. The number of ether oxygens (including phenoxy) is 2. The molecular weight excluding hydrogens is 210 g/mol. The maximum atomic E-state index is 10.2. The highest BCUT2D eigenvalue weighted by Gasteiger charge is 2.04. The number of carboxylic acid groups (broad SMARTS) is 1. The summed E-state index contributed by atoms with van der Waals surface area (Å²) in [4.78, 5) is 10.2. The predicted octanol–water partition coefficient (Wildman–Crippen LogP) is 1.17. The average molecular weight is 221 g/mol. The minimum atomic E-state index is -1.01. The minimum absolute atomic E-state index is 0.175. The van der Waals surface area contributed by atoms with Crippen LogP contribution in [0.2, 0.25) is 0 Å². The summed E-state index contributed by atoms with van der Waals surface area (Å²) >= 11 is 0. The lowest BCUT2D eigenvalue weighted by Crippen LogP contribution is -2.06. The van der Waals surface area contributed by atoms with Crippen molar-refractivity contribution in [1.29, 1.82) is 5.26 Å². The molecule has 1 aromatic carbocycles. The maximum absolute atomic E-state index is 10.2. The second-order valence-electron chi connectivity index (χ2n) is 3.03. The predicted molar refractivity (Wildman–Crippen MR) is 55.0 cm³/mol. The van der Waals surface area contributed by atoms with Gasteiger partial charge in [-0.05, 0) is 17.7 Å². The summed E-state index contributed by atoms with van der Waals surface area (Å²) in [6.45, 7) is -0.170. The van der Waals surface area contributed by atoms with Gasteiger partial charge in [-0.3, -0.25) is 0 Å². The summed E-state index contributed by atoms with van der Waals surface area (Å²) in [5.74, 6) is -0.556. The van der Waals surface area contributed by atoms with Crippen molar-refractivity contribution in [3.05, 3.63) is 29.3 Å². The molecule has 0 unspecified atom stereocenters. The molecule has 0 spiro atoms. The van der Waals surface area contributed by atoms with Gasteiger partial charge in [0.2, 0.25) is 0 Å². The van der Waals surface area contributed by atoms with Crippen molar-refractivity contribution >= 4 is 5.97 Å². The van der Waals surface area contributed by atoms with Crippen LogP contribution in [0, 0.1) is 11.3 Å². The third-order valence-corrected chi connectivity index (χ3v) is 1.88. The molecule has 0 fully saturated rings. The largest absolute Gasteiger partial charge is 0.495 e. The van der Waals surface area contributed by atoms with Gasteiger partial charge in [-0.2, -0.15) is 5.26 Å². The summed E-state index contributed by atoms with van der Waals surface area (Å²) in [5, 5.41) is 17.1. The van der Waals surface area contributed by atoms with Crippen LogP contribution in [0.3, 0.4) is 0 Å². The topological polar surface area (TPSA) is 79.6 Å². The lowest BCUT2D eigenvalue weighted by molar-refractivity contribution is -0.142. The zero-order valence-corrected chi connectivity index (χ0v) is 8.77. The molecule has 1 rings (SSSR count). The number of hydrogen-bond donors (Lipinski definition) is 1. The number of carboxylic acids is 1. The highest BCUT2D eigenvalue weighted by Crippen LogP contribution is 2.19. The Kier molecular flexibility index (Phi) is 4.30. The van der Waals surface area contributed by atoms with E-state index >= 15 is 0 Å². The Balaban J connectivity index is 2.69. The van der Waals surface area contributed by atoms with Crippen molar-refractivity contribution in [3.8, 4) is 11.8 Å². The van der Waals surface area contributed by atoms with Gasteiger partial charge in [0.15, 0.2) is 0 Å². The molecule has 5 nitrogen and oxygen atoms in total. The first kappa shape index (κ1) is 12.0. The van der Waals surface area contributed by atoms with Gasteiger partial charge in [0.1, 0.15) is 18.4 Å². The number of methoxy groups -OCH3 is 1. The molecule has 0 amide bonds. The Morgan fingerprint density at radius 3 is 2.88 bits per heavy atom. The van der Waals surface area contributed by atoms with Crippen LogP contribution in [0.25, 0.3) is 0 Å². The van der Waals surface area contributed by atoms with Crippen molar-refractivity contribution in [3.63, 3.8) is 0 Å². The Morgan fingerprint density at radius 1 is 1.56 bits per heavy atom. The minimum Gasteiger partial charge on any atom is -0.495 e. The number of aliphatic carboxylic acids is 1. The number of benzene rings is 1. The van der Waals surface area contributed by atoms with Gasteiger partial charge in [0.05, 0.1) is 19.3 Å². The van der Waals surface area contributed by atoms with E-state index in [0.29, 0.717) is 11.3 Å². The first-order valence-electron chi connectivity index (χ1n) is 4.54. The highest BCUT2D eigenvalue weighted by atomic mass is 16.5. The number of hydrogen-bond acceptors (Lipinski definition) is 4. The quantitative estimate of drug-likeness (QED) is 0.807. The molecule has 84 valence electrons. The Morgan fingerprint density at radius 2 is 2.31 bits per heavy atom. The summed E-state index contributed by atoms with van der Waals surface area (Å²) in [7, 11) is 1.47. The molecule has 0 atom stereocenters. The van der Waals surface area contributed by atoms with Crippen LogP contribution in [0.4, 0.5) is 0 Å². The number of nitrogens with zero attached hydrogens (tertiary/aromatic N) is 1. The lowest BCUT2D eigenvalue weighted by atomic mass is 10.1. The van der Waals surface area contributed by atoms with Gasteiger partial charge in [0.25, 0.3) is 0 Å². The van der Waals surface area contributed by atoms with E-state index in [1.54, 1.807) is 18.2 Å². The van der Waals surface area contributed by atoms with Crippen LogP contribution >= 0.6 is 0 Å². The summed E-state index contributed by atoms with van der Waals surface area (Å²) < 4.78 is 9.93. The third-order valence-electron chi connectivity index (χ3n) is 1.88. The highest BCUT2D eigenvalue weighted by molar-refractivity contribution is 5.68. The van der Waals surface area contributed by atoms with E-state index in [2.05, 4.69) is 0 Å². The number of nitriles is 1. The van der Waals surface area contributed by atoms with E-state index in [9.17, 15) is 4.79 Å². The zero-order valence-electron chi connectivity index (χ0n) is 8.77. The van der Waals surface area contributed by atoms with Crippen LogP contribution in [-0.2, 0) is 16.1 Å². The van der Waals surface area contributed by atoms with E-state index in [0.717, 1.165) is 5.56 Å². The Bertz CT molecular complexity index is 422. The molecule has 0 aliphatic rings. The molecule has 0 aliphatic heterocycles. The van der Waals surface area contributed by atoms with Crippen LogP contribution in [0.5, 0.6) is 5.75 Å². The molecule has 0 aromatic heterocycles. The van der Waals surface area contributed by atoms with Crippen molar-refractivity contribution in [2.75, 3.05) is 13.7 Å². The van der Waals surface area contributed by atoms with E-state index < -0.39 is 5.97 Å². The van der Waals surface area contributed by atoms with Crippen LogP contribution < -0.4 is 4.74 Å². The van der Waals surface area contributed by atoms with Crippen molar-refractivity contribution < 1.29 is 19.4 Å². The Hall–Kier alpha value is -2.06. The fourth-order valence-electron chi connectivity index (χ4n) is 1.17. The zero-order chi connectivity index (χ0) is 12.0. The molecule has 0 aliphatic carbocycles. The first-order valence-corrected chi connectivity index (χ1v) is 4.54. The summed E-state index contributed by atoms with van der Waals surface area (Å²) in [5.41, 5.74) is 1.20. The average Bonchev–Trinajstić information content (AvgIpc) is 2.28. The molecule has 0 saturated carbocycles. The molecule has 0 saturated heterocycles. The molecule has 0 radical (unpaired) electrons. The standard InChI is InChI=1S/C11H11NO4/c1-15-10-4-8(2-3-9(10)5-12)6-16-7-11(13)14/h2-4H,6-7H2,1H3,(H,13,14). The van der Waals surface area contributed by atoms with E-state index in [4.69, 9.17) is 19.8 Å². The lowest BCUT2D eigenvalue weighted by Gasteiger charge is -2.06. The van der Waals surface area contributed by atoms with Crippen LogP contribution in [0.1, 0.15) is 11.1 Å². The fraction of sp³-hybridized carbons (Fsp3) is 0.273. The molecule has 0 bridgehead atoms. The van der Waals surface area contributed by atoms with Gasteiger partial charge in [0, 0.05) is 0 Å². The van der Waals surface area contributed by atoms with E-state index in [-0.39, 0.29) is 13.2 Å². The van der Waals surface area contributed by atoms with E-state index in [1.165, 1.54) is 7.11 Å². The van der Waals surface area contributed by atoms with Gasteiger partial charge in [-0.15, -0.1) is 0 Å². The second kappa shape index (κ2) is 5.73. The van der Waals surface area contributed by atoms with Gasteiger partial charge < -0.3 is 14.6 Å². The molecule has 5 heteroatoms. The van der Waals surface area contributed by atoms with Crippen molar-refractivity contribution in [2.45, 2.75) is 6.61 Å². The molecule has 1 N–H and O–H groups in total. The smallest absolute Gasteiger partial charge is 0.329 e. The van der Waals surface area contributed by atoms with E-state index in [1.807, 2.05) is 6.07 Å². The van der Waals surface area contributed by atoms with Gasteiger partial charge in [-0.25, -0.2) is 4.79 Å². The monoisotopic (exact) mass is 221 g/mol. The fourth-order valence-corrected chi connectivity index (χ4v) is 1.17. The Labute approximate surface area is 92.8 Å². The molecule has 1 aromatic rings.